The van der Waals surface area contributed by atoms with E-state index in [0.717, 1.165) is 31.6 Å². The number of imidazole rings is 1. The SMILES string of the molecule is CN1CCCN(C(=O)c2c(N(C)C)c3ccnnc3n3c2nc2cc(F)c(F)cc23)CC1. The van der Waals surface area contributed by atoms with Crippen LogP contribution in [0.5, 0.6) is 0 Å². The molecule has 1 aliphatic rings. The Balaban J connectivity index is 1.87. The molecule has 0 bridgehead atoms. The van der Waals surface area contributed by atoms with Gasteiger partial charge in [0.1, 0.15) is 5.56 Å². The molecule has 1 saturated heterocycles. The summed E-state index contributed by atoms with van der Waals surface area (Å²) in [5, 5.41) is 8.93. The summed E-state index contributed by atoms with van der Waals surface area (Å²) in [6, 6.07) is 3.91. The molecule has 0 saturated carbocycles. The van der Waals surface area contributed by atoms with E-state index in [4.69, 9.17) is 0 Å². The third-order valence-corrected chi connectivity index (χ3v) is 5.99. The second kappa shape index (κ2) is 7.63. The molecule has 0 radical (unpaired) electrons. The zero-order chi connectivity index (χ0) is 22.6. The van der Waals surface area contributed by atoms with Crippen LogP contribution in [0.3, 0.4) is 0 Å². The van der Waals surface area contributed by atoms with Crippen molar-refractivity contribution in [3.05, 3.63) is 41.6 Å². The van der Waals surface area contributed by atoms with Gasteiger partial charge in [-0.25, -0.2) is 13.8 Å². The summed E-state index contributed by atoms with van der Waals surface area (Å²) in [5.74, 6) is -2.15. The smallest absolute Gasteiger partial charge is 0.259 e. The molecule has 4 aromatic rings. The first-order valence-corrected chi connectivity index (χ1v) is 10.5. The minimum Gasteiger partial charge on any atom is -0.376 e. The fourth-order valence-electron chi connectivity index (χ4n) is 4.44. The molecule has 0 aliphatic carbocycles. The number of likely N-dealkylation sites (N-methyl/N-ethyl adjacent to an activating group) is 1. The normalized spacial score (nSPS) is 15.6. The van der Waals surface area contributed by atoms with Crippen LogP contribution < -0.4 is 4.90 Å². The van der Waals surface area contributed by atoms with Crippen LogP contribution in [-0.4, -0.2) is 82.6 Å². The maximum atomic E-state index is 14.2. The molecule has 0 spiro atoms. The van der Waals surface area contributed by atoms with Gasteiger partial charge in [0, 0.05) is 51.2 Å². The van der Waals surface area contributed by atoms with Crippen LogP contribution in [0.4, 0.5) is 14.5 Å². The summed E-state index contributed by atoms with van der Waals surface area (Å²) in [7, 11) is 5.73. The molecule has 0 unspecified atom stereocenters. The highest BCUT2D eigenvalue weighted by molar-refractivity contribution is 6.13. The number of benzene rings is 1. The molecule has 32 heavy (non-hydrogen) atoms. The van der Waals surface area contributed by atoms with Crippen LogP contribution in [0.15, 0.2) is 24.4 Å². The Morgan fingerprint density at radius 2 is 1.84 bits per heavy atom. The van der Waals surface area contributed by atoms with Gasteiger partial charge in [-0.1, -0.05) is 0 Å². The number of carbonyl (C=O) groups excluding carboxylic acids is 1. The lowest BCUT2D eigenvalue weighted by molar-refractivity contribution is 0.0765. The number of anilines is 1. The van der Waals surface area contributed by atoms with Crippen molar-refractivity contribution in [1.29, 1.82) is 0 Å². The van der Waals surface area contributed by atoms with Gasteiger partial charge in [0.2, 0.25) is 0 Å². The largest absolute Gasteiger partial charge is 0.376 e. The van der Waals surface area contributed by atoms with E-state index in [-0.39, 0.29) is 11.4 Å². The Morgan fingerprint density at radius 3 is 2.62 bits per heavy atom. The molecule has 1 amide bonds. The molecule has 166 valence electrons. The maximum absolute atomic E-state index is 14.2. The number of nitrogens with zero attached hydrogens (tertiary/aromatic N) is 7. The Labute approximate surface area is 183 Å². The van der Waals surface area contributed by atoms with Gasteiger partial charge in [0.15, 0.2) is 22.9 Å². The summed E-state index contributed by atoms with van der Waals surface area (Å²) in [6.07, 6.45) is 2.41. The first kappa shape index (κ1) is 20.5. The summed E-state index contributed by atoms with van der Waals surface area (Å²) in [5.41, 5.74) is 2.35. The Hall–Kier alpha value is -3.40. The van der Waals surface area contributed by atoms with E-state index in [2.05, 4.69) is 20.1 Å². The molecule has 8 nitrogen and oxygen atoms in total. The number of halogens is 2. The third-order valence-electron chi connectivity index (χ3n) is 5.99. The van der Waals surface area contributed by atoms with Gasteiger partial charge >= 0.3 is 0 Å². The second-order valence-electron chi connectivity index (χ2n) is 8.36. The Morgan fingerprint density at radius 1 is 1.06 bits per heavy atom. The van der Waals surface area contributed by atoms with Gasteiger partial charge in [0.05, 0.1) is 22.9 Å². The first-order valence-electron chi connectivity index (χ1n) is 10.5. The fourth-order valence-corrected chi connectivity index (χ4v) is 4.44. The number of rotatable bonds is 2. The number of amides is 1. The van der Waals surface area contributed by atoms with E-state index in [1.807, 2.05) is 30.9 Å². The van der Waals surface area contributed by atoms with Gasteiger partial charge in [-0.3, -0.25) is 9.20 Å². The van der Waals surface area contributed by atoms with E-state index < -0.39 is 11.6 Å². The van der Waals surface area contributed by atoms with Gasteiger partial charge in [0.25, 0.3) is 5.91 Å². The Bertz CT molecular complexity index is 1370. The summed E-state index contributed by atoms with van der Waals surface area (Å²) >= 11 is 0. The first-order chi connectivity index (χ1) is 15.4. The van der Waals surface area contributed by atoms with E-state index in [1.54, 1.807) is 16.7 Å². The summed E-state index contributed by atoms with van der Waals surface area (Å²) in [4.78, 5) is 24.3. The average Bonchev–Trinajstić information content (AvgIpc) is 2.97. The monoisotopic (exact) mass is 439 g/mol. The fraction of sp³-hybridized carbons (Fsp3) is 0.364. The molecule has 1 fully saturated rings. The van der Waals surface area contributed by atoms with Crippen LogP contribution in [0, 0.1) is 11.6 Å². The third kappa shape index (κ3) is 3.13. The van der Waals surface area contributed by atoms with Crippen molar-refractivity contribution < 1.29 is 13.6 Å². The van der Waals surface area contributed by atoms with Crippen LogP contribution in [0.2, 0.25) is 0 Å². The number of carbonyl (C=O) groups is 1. The van der Waals surface area contributed by atoms with Gasteiger partial charge < -0.3 is 14.7 Å². The summed E-state index contributed by atoms with van der Waals surface area (Å²) in [6.45, 7) is 2.90. The second-order valence-corrected chi connectivity index (χ2v) is 8.36. The molecule has 0 atom stereocenters. The minimum atomic E-state index is -0.993. The molecular weight excluding hydrogens is 416 g/mol. The lowest BCUT2D eigenvalue weighted by Crippen LogP contribution is -2.35. The van der Waals surface area contributed by atoms with Gasteiger partial charge in [-0.05, 0) is 26.1 Å². The van der Waals surface area contributed by atoms with Crippen LogP contribution in [-0.2, 0) is 0 Å². The zero-order valence-electron chi connectivity index (χ0n) is 18.1. The number of hydrogen-bond acceptors (Lipinski definition) is 6. The number of fused-ring (bicyclic) bond motifs is 5. The van der Waals surface area contributed by atoms with E-state index >= 15 is 0 Å². The molecule has 5 rings (SSSR count). The van der Waals surface area contributed by atoms with Crippen LogP contribution >= 0.6 is 0 Å². The van der Waals surface area contributed by atoms with E-state index in [1.165, 1.54) is 0 Å². The van der Waals surface area contributed by atoms with E-state index in [9.17, 15) is 13.6 Å². The molecule has 3 aromatic heterocycles. The van der Waals surface area contributed by atoms with Gasteiger partial charge in [-0.15, -0.1) is 5.10 Å². The van der Waals surface area contributed by atoms with Crippen LogP contribution in [0.25, 0.3) is 27.7 Å². The summed E-state index contributed by atoms with van der Waals surface area (Å²) < 4.78 is 29.7. The van der Waals surface area contributed by atoms with Crippen molar-refractivity contribution >= 4 is 39.3 Å². The molecule has 4 heterocycles. The van der Waals surface area contributed by atoms with Crippen molar-refractivity contribution in [2.45, 2.75) is 6.42 Å². The van der Waals surface area contributed by atoms with Crippen LogP contribution in [0.1, 0.15) is 16.8 Å². The zero-order valence-corrected chi connectivity index (χ0v) is 18.1. The topological polar surface area (TPSA) is 69.9 Å². The van der Waals surface area contributed by atoms with Gasteiger partial charge in [-0.2, -0.15) is 5.10 Å². The lowest BCUT2D eigenvalue weighted by Gasteiger charge is -2.25. The highest BCUT2D eigenvalue weighted by Gasteiger charge is 2.29. The van der Waals surface area contributed by atoms with Crippen molar-refractivity contribution in [3.63, 3.8) is 0 Å². The Kier molecular flexibility index (Phi) is 4.89. The quantitative estimate of drug-likeness (QED) is 0.478. The number of hydrogen-bond donors (Lipinski definition) is 0. The molecule has 0 N–H and O–H groups in total. The van der Waals surface area contributed by atoms with E-state index in [0.29, 0.717) is 46.5 Å². The van der Waals surface area contributed by atoms with Crippen molar-refractivity contribution in [1.82, 2.24) is 29.4 Å². The van der Waals surface area contributed by atoms with Crippen molar-refractivity contribution in [2.24, 2.45) is 0 Å². The lowest BCUT2D eigenvalue weighted by atomic mass is 10.1. The minimum absolute atomic E-state index is 0.163. The van der Waals surface area contributed by atoms with Crippen molar-refractivity contribution in [3.8, 4) is 0 Å². The standard InChI is InChI=1S/C22H23F2N7O/c1-28(2)19-13-5-6-25-27-20(13)31-17-12-15(24)14(23)11-16(17)26-21(31)18(19)22(32)30-8-4-7-29(3)9-10-30/h5-6,11-12H,4,7-10H2,1-3H3. The predicted molar refractivity (Wildman–Crippen MR) is 118 cm³/mol. The predicted octanol–water partition coefficient (Wildman–Crippen LogP) is 2.55. The average molecular weight is 439 g/mol. The number of aromatic nitrogens is 4. The highest BCUT2D eigenvalue weighted by Crippen LogP contribution is 2.35. The molecule has 10 heteroatoms. The molecular formula is C22H23F2N7O. The maximum Gasteiger partial charge on any atom is 0.259 e. The molecule has 1 aliphatic heterocycles. The molecule has 1 aromatic carbocycles. The highest BCUT2D eigenvalue weighted by atomic mass is 19.2. The van der Waals surface area contributed by atoms with Crippen molar-refractivity contribution in [2.75, 3.05) is 52.2 Å². The number of pyridine rings is 1.